The van der Waals surface area contributed by atoms with Gasteiger partial charge >= 0.3 is 0 Å². The second-order valence-electron chi connectivity index (χ2n) is 10.5. The van der Waals surface area contributed by atoms with E-state index in [4.69, 9.17) is 0 Å². The van der Waals surface area contributed by atoms with Gasteiger partial charge in [0.05, 0.1) is 11.0 Å². The third kappa shape index (κ3) is 3.69. The molecule has 1 aromatic heterocycles. The second kappa shape index (κ2) is 9.32. The first-order valence-electron chi connectivity index (χ1n) is 13.9. The molecule has 1 heterocycles. The molecule has 0 aliphatic heterocycles. The first-order valence-corrected chi connectivity index (χ1v) is 13.9. The van der Waals surface area contributed by atoms with Crippen molar-refractivity contribution in [2.45, 2.75) is 0 Å². The highest BCUT2D eigenvalue weighted by atomic mass is 16.1. The lowest BCUT2D eigenvalue weighted by Gasteiger charge is -2.14. The van der Waals surface area contributed by atoms with E-state index in [-0.39, 0.29) is 5.43 Å². The van der Waals surface area contributed by atoms with Crippen molar-refractivity contribution in [2.75, 3.05) is 0 Å². The van der Waals surface area contributed by atoms with Crippen LogP contribution in [-0.4, -0.2) is 4.57 Å². The molecule has 2 nitrogen and oxygen atoms in total. The minimum absolute atomic E-state index is 0.0602. The zero-order valence-electron chi connectivity index (χ0n) is 22.3. The number of para-hydroxylation sites is 2. The molecule has 0 fully saturated rings. The van der Waals surface area contributed by atoms with Crippen molar-refractivity contribution < 1.29 is 0 Å². The van der Waals surface area contributed by atoms with Gasteiger partial charge in [-0.25, -0.2) is 0 Å². The van der Waals surface area contributed by atoms with Crippen molar-refractivity contribution >= 4 is 43.4 Å². The summed E-state index contributed by atoms with van der Waals surface area (Å²) in [4.78, 5) is 14.0. The average Bonchev–Trinajstić information content (AvgIpc) is 3.30. The first kappa shape index (κ1) is 23.4. The molecule has 0 aliphatic carbocycles. The highest BCUT2D eigenvalue weighted by Gasteiger charge is 2.15. The maximum absolute atomic E-state index is 14.0. The van der Waals surface area contributed by atoms with Crippen LogP contribution >= 0.6 is 0 Å². The summed E-state index contributed by atoms with van der Waals surface area (Å²) in [5.74, 6) is 0. The summed E-state index contributed by atoms with van der Waals surface area (Å²) >= 11 is 0. The summed E-state index contributed by atoms with van der Waals surface area (Å²) in [5.41, 5.74) is 7.73. The van der Waals surface area contributed by atoms with Gasteiger partial charge in [-0.15, -0.1) is 0 Å². The highest BCUT2D eigenvalue weighted by molar-refractivity contribution is 6.09. The van der Waals surface area contributed by atoms with Crippen LogP contribution in [0.2, 0.25) is 0 Å². The first-order chi connectivity index (χ1) is 20.3. The molecule has 0 amide bonds. The van der Waals surface area contributed by atoms with E-state index >= 15 is 0 Å². The van der Waals surface area contributed by atoms with Gasteiger partial charge in [0.25, 0.3) is 0 Å². The van der Waals surface area contributed by atoms with Crippen LogP contribution in [0.3, 0.4) is 0 Å². The second-order valence-corrected chi connectivity index (χ2v) is 10.5. The van der Waals surface area contributed by atoms with Crippen molar-refractivity contribution in [3.05, 3.63) is 162 Å². The van der Waals surface area contributed by atoms with E-state index in [0.29, 0.717) is 0 Å². The monoisotopic (exact) mass is 523 g/mol. The Morgan fingerprint density at radius 3 is 1.76 bits per heavy atom. The Hall–Kier alpha value is -5.47. The largest absolute Gasteiger partial charge is 0.309 e. The highest BCUT2D eigenvalue weighted by Crippen LogP contribution is 2.37. The molecular weight excluding hydrogens is 498 g/mol. The van der Waals surface area contributed by atoms with Crippen LogP contribution in [0, 0.1) is 0 Å². The van der Waals surface area contributed by atoms with Crippen molar-refractivity contribution in [3.8, 4) is 27.9 Å². The Kier molecular flexibility index (Phi) is 5.33. The maximum Gasteiger partial charge on any atom is 0.194 e. The van der Waals surface area contributed by atoms with Crippen LogP contribution in [0.1, 0.15) is 0 Å². The molecule has 0 saturated carbocycles. The van der Waals surface area contributed by atoms with Crippen molar-refractivity contribution in [1.29, 1.82) is 0 Å². The number of hydrogen-bond donors (Lipinski definition) is 0. The topological polar surface area (TPSA) is 22.0 Å². The summed E-state index contributed by atoms with van der Waals surface area (Å²) in [5, 5.41) is 5.87. The molecule has 2 heteroatoms. The van der Waals surface area contributed by atoms with Gasteiger partial charge in [0, 0.05) is 27.2 Å². The Morgan fingerprint density at radius 1 is 0.415 bits per heavy atom. The lowest BCUT2D eigenvalue weighted by Crippen LogP contribution is -2.01. The maximum atomic E-state index is 14.0. The van der Waals surface area contributed by atoms with Crippen LogP contribution < -0.4 is 5.43 Å². The van der Waals surface area contributed by atoms with Gasteiger partial charge in [-0.05, 0) is 57.3 Å². The molecule has 0 N–H and O–H groups in total. The molecule has 8 rings (SSSR count). The fourth-order valence-corrected chi connectivity index (χ4v) is 6.33. The zero-order chi connectivity index (χ0) is 27.3. The summed E-state index contributed by atoms with van der Waals surface area (Å²) < 4.78 is 2.34. The summed E-state index contributed by atoms with van der Waals surface area (Å²) in [6.45, 7) is 0. The Morgan fingerprint density at radius 2 is 0.976 bits per heavy atom. The third-order valence-electron chi connectivity index (χ3n) is 8.18. The third-order valence-corrected chi connectivity index (χ3v) is 8.18. The lowest BCUT2D eigenvalue weighted by atomic mass is 9.91. The van der Waals surface area contributed by atoms with Crippen LogP contribution in [-0.2, 0) is 0 Å². The number of aromatic nitrogens is 1. The zero-order valence-corrected chi connectivity index (χ0v) is 22.3. The van der Waals surface area contributed by atoms with Crippen molar-refractivity contribution in [1.82, 2.24) is 4.57 Å². The van der Waals surface area contributed by atoms with Gasteiger partial charge in [-0.2, -0.15) is 0 Å². The molecule has 0 saturated heterocycles. The predicted molar refractivity (Wildman–Crippen MR) is 173 cm³/mol. The number of fused-ring (bicyclic) bond motifs is 5. The summed E-state index contributed by atoms with van der Waals surface area (Å²) in [6.07, 6.45) is 0. The van der Waals surface area contributed by atoms with Crippen LogP contribution in [0.5, 0.6) is 0 Å². The van der Waals surface area contributed by atoms with E-state index in [1.165, 1.54) is 21.8 Å². The van der Waals surface area contributed by atoms with Gasteiger partial charge in [-0.3, -0.25) is 4.79 Å². The minimum atomic E-state index is 0.0602. The molecule has 8 aromatic rings. The fourth-order valence-electron chi connectivity index (χ4n) is 6.33. The molecule has 7 aromatic carbocycles. The van der Waals surface area contributed by atoms with Gasteiger partial charge in [0.1, 0.15) is 0 Å². The molecule has 0 unspecified atom stereocenters. The normalized spacial score (nSPS) is 11.5. The number of benzene rings is 6. The molecule has 0 spiro atoms. The number of rotatable bonds is 3. The fraction of sp³-hybridized carbons (Fsp3) is 0. The summed E-state index contributed by atoms with van der Waals surface area (Å²) in [7, 11) is 0. The van der Waals surface area contributed by atoms with Crippen LogP contribution in [0.15, 0.2) is 156 Å². The standard InChI is InChI=1S/C39H25NO/c41-39-31-16-2-1-11-26(31)23-24-27-12-10-20-35(38(27)39)32-17-4-3-15-30(32)28-13-9-14-29(25-28)40-36-21-7-5-18-33(36)34-19-6-8-22-37(34)40/h1-25H. The Bertz CT molecular complexity index is 2290. The van der Waals surface area contributed by atoms with E-state index in [0.717, 1.165) is 49.5 Å². The molecule has 0 radical (unpaired) electrons. The molecule has 192 valence electrons. The van der Waals surface area contributed by atoms with Gasteiger partial charge in [-0.1, -0.05) is 127 Å². The van der Waals surface area contributed by atoms with Gasteiger partial charge < -0.3 is 4.57 Å². The number of hydrogen-bond acceptors (Lipinski definition) is 1. The molecule has 0 atom stereocenters. The molecule has 0 aliphatic rings. The SMILES string of the molecule is O=c1c2ccccc2ccc2cccc(-c3ccccc3-c3cccc(-n4c5ccccc5c5ccccc54)c3)c12. The lowest BCUT2D eigenvalue weighted by molar-refractivity contribution is 1.18. The van der Waals surface area contributed by atoms with Gasteiger partial charge in [0.15, 0.2) is 5.43 Å². The van der Waals surface area contributed by atoms with E-state index in [1.807, 2.05) is 42.5 Å². The van der Waals surface area contributed by atoms with Crippen LogP contribution in [0.4, 0.5) is 0 Å². The Balaban J connectivity index is 1.38. The van der Waals surface area contributed by atoms with E-state index in [9.17, 15) is 4.79 Å². The van der Waals surface area contributed by atoms with Crippen molar-refractivity contribution in [2.24, 2.45) is 0 Å². The van der Waals surface area contributed by atoms with E-state index < -0.39 is 0 Å². The van der Waals surface area contributed by atoms with Crippen molar-refractivity contribution in [3.63, 3.8) is 0 Å². The molecule has 0 bridgehead atoms. The number of nitrogens with zero attached hydrogens (tertiary/aromatic N) is 1. The summed E-state index contributed by atoms with van der Waals surface area (Å²) in [6, 6.07) is 52.4. The van der Waals surface area contributed by atoms with E-state index in [1.54, 1.807) is 0 Å². The smallest absolute Gasteiger partial charge is 0.194 e. The minimum Gasteiger partial charge on any atom is -0.309 e. The predicted octanol–water partition coefficient (Wildman–Crippen LogP) is 9.78. The quantitative estimate of drug-likeness (QED) is 0.226. The Labute approximate surface area is 237 Å². The molecular formula is C39H25NO. The van der Waals surface area contributed by atoms with E-state index in [2.05, 4.69) is 114 Å². The average molecular weight is 524 g/mol. The van der Waals surface area contributed by atoms with Crippen LogP contribution in [0.25, 0.3) is 71.3 Å². The van der Waals surface area contributed by atoms with Gasteiger partial charge in [0.2, 0.25) is 0 Å². The molecule has 41 heavy (non-hydrogen) atoms.